The van der Waals surface area contributed by atoms with Gasteiger partial charge in [-0.25, -0.2) is 0 Å². The third-order valence-corrected chi connectivity index (χ3v) is 4.19. The fraction of sp³-hybridized carbons (Fsp3) is 0.143. The van der Waals surface area contributed by atoms with E-state index >= 15 is 0 Å². The normalized spacial score (nSPS) is 10.4. The van der Waals surface area contributed by atoms with Crippen molar-refractivity contribution < 1.29 is 4.74 Å². The van der Waals surface area contributed by atoms with Crippen LogP contribution in [0.1, 0.15) is 11.1 Å². The number of hydrogen-bond acceptors (Lipinski definition) is 1. The first kappa shape index (κ1) is 14.1. The van der Waals surface area contributed by atoms with E-state index < -0.39 is 0 Å². The second-order valence-electron chi connectivity index (χ2n) is 3.82. The minimum atomic E-state index is 0.561. The van der Waals surface area contributed by atoms with Crippen LogP contribution < -0.4 is 4.74 Å². The molecule has 0 amide bonds. The zero-order valence-electron chi connectivity index (χ0n) is 9.50. The summed E-state index contributed by atoms with van der Waals surface area (Å²) in [6, 6.07) is 14.2. The molecule has 0 fully saturated rings. The lowest BCUT2D eigenvalue weighted by atomic mass is 10.2. The van der Waals surface area contributed by atoms with Crippen molar-refractivity contribution in [2.45, 2.75) is 11.9 Å². The van der Waals surface area contributed by atoms with E-state index in [0.717, 1.165) is 25.6 Å². The van der Waals surface area contributed by atoms with Crippen molar-refractivity contribution in [3.8, 4) is 5.75 Å². The number of ether oxygens (including phenoxy) is 1. The average molecular weight is 435 g/mol. The first-order chi connectivity index (χ1) is 8.69. The van der Waals surface area contributed by atoms with E-state index in [2.05, 4.69) is 66.0 Å². The molecule has 4 heteroatoms. The standard InChI is InChI=1S/C14H11Br3O/c15-8-10-4-5-14(13(17)7-10)18-9-11-2-1-3-12(16)6-11/h1-7H,8-9H2. The van der Waals surface area contributed by atoms with Crippen LogP contribution in [-0.2, 0) is 11.9 Å². The smallest absolute Gasteiger partial charge is 0.134 e. The maximum Gasteiger partial charge on any atom is 0.134 e. The van der Waals surface area contributed by atoms with Crippen molar-refractivity contribution in [2.75, 3.05) is 0 Å². The molecule has 2 aromatic carbocycles. The van der Waals surface area contributed by atoms with E-state index in [1.165, 1.54) is 5.56 Å². The fourth-order valence-electron chi connectivity index (χ4n) is 1.53. The number of alkyl halides is 1. The van der Waals surface area contributed by atoms with E-state index in [1.54, 1.807) is 0 Å². The summed E-state index contributed by atoms with van der Waals surface area (Å²) in [6.45, 7) is 0.561. The Hall–Kier alpha value is -0.320. The molecule has 2 rings (SSSR count). The molecule has 0 bridgehead atoms. The highest BCUT2D eigenvalue weighted by molar-refractivity contribution is 9.11. The van der Waals surface area contributed by atoms with Crippen molar-refractivity contribution in [2.24, 2.45) is 0 Å². The van der Waals surface area contributed by atoms with Gasteiger partial charge in [-0.15, -0.1) is 0 Å². The summed E-state index contributed by atoms with van der Waals surface area (Å²) in [5.41, 5.74) is 2.36. The Bertz CT molecular complexity index is 540. The van der Waals surface area contributed by atoms with Gasteiger partial charge in [0.25, 0.3) is 0 Å². The summed E-state index contributed by atoms with van der Waals surface area (Å²) in [5.74, 6) is 0.861. The lowest BCUT2D eigenvalue weighted by molar-refractivity contribution is 0.304. The quantitative estimate of drug-likeness (QED) is 0.562. The number of hydrogen-bond donors (Lipinski definition) is 0. The molecule has 0 saturated carbocycles. The highest BCUT2D eigenvalue weighted by Crippen LogP contribution is 2.27. The van der Waals surface area contributed by atoms with Crippen molar-refractivity contribution >= 4 is 47.8 Å². The molecule has 94 valence electrons. The zero-order valence-corrected chi connectivity index (χ0v) is 14.3. The Kier molecular flexibility index (Phi) is 5.27. The number of halogens is 3. The van der Waals surface area contributed by atoms with Crippen molar-refractivity contribution in [3.63, 3.8) is 0 Å². The Morgan fingerprint density at radius 1 is 0.944 bits per heavy atom. The molecule has 0 aliphatic carbocycles. The van der Waals surface area contributed by atoms with Crippen molar-refractivity contribution in [1.29, 1.82) is 0 Å². The van der Waals surface area contributed by atoms with Gasteiger partial charge in [0.2, 0.25) is 0 Å². The maximum atomic E-state index is 5.79. The molecule has 0 spiro atoms. The first-order valence-electron chi connectivity index (χ1n) is 5.40. The van der Waals surface area contributed by atoms with Gasteiger partial charge in [-0.3, -0.25) is 0 Å². The molecule has 0 radical (unpaired) electrons. The van der Waals surface area contributed by atoms with Crippen LogP contribution in [0.5, 0.6) is 5.75 Å². The number of rotatable bonds is 4. The van der Waals surface area contributed by atoms with Crippen LogP contribution >= 0.6 is 47.8 Å². The van der Waals surface area contributed by atoms with Crippen LogP contribution in [0.15, 0.2) is 51.4 Å². The van der Waals surface area contributed by atoms with Crippen LogP contribution in [0.25, 0.3) is 0 Å². The second-order valence-corrected chi connectivity index (χ2v) is 6.15. The van der Waals surface area contributed by atoms with Crippen LogP contribution in [0.3, 0.4) is 0 Å². The van der Waals surface area contributed by atoms with Gasteiger partial charge in [0.1, 0.15) is 12.4 Å². The third kappa shape index (κ3) is 3.84. The van der Waals surface area contributed by atoms with Crippen molar-refractivity contribution in [1.82, 2.24) is 0 Å². The monoisotopic (exact) mass is 432 g/mol. The van der Waals surface area contributed by atoms with Crippen LogP contribution in [0.4, 0.5) is 0 Å². The molecule has 0 N–H and O–H groups in total. The summed E-state index contributed by atoms with van der Waals surface area (Å²) in [5, 5.41) is 0.845. The third-order valence-electron chi connectivity index (χ3n) is 2.43. The van der Waals surface area contributed by atoms with Gasteiger partial charge in [-0.1, -0.05) is 50.1 Å². The maximum absolute atomic E-state index is 5.79. The zero-order chi connectivity index (χ0) is 13.0. The molecule has 1 nitrogen and oxygen atoms in total. The van der Waals surface area contributed by atoms with Gasteiger partial charge in [0.15, 0.2) is 0 Å². The Labute approximate surface area is 132 Å². The summed E-state index contributed by atoms with van der Waals surface area (Å²) in [4.78, 5) is 0. The molecular formula is C14H11Br3O. The molecule has 2 aromatic rings. The van der Waals surface area contributed by atoms with E-state index in [0.29, 0.717) is 6.61 Å². The van der Waals surface area contributed by atoms with Gasteiger partial charge < -0.3 is 4.74 Å². The molecule has 0 unspecified atom stereocenters. The molecule has 0 aromatic heterocycles. The van der Waals surface area contributed by atoms with Crippen LogP contribution in [-0.4, -0.2) is 0 Å². The summed E-state index contributed by atoms with van der Waals surface area (Å²) >= 11 is 10.4. The average Bonchev–Trinajstić information content (AvgIpc) is 2.37. The van der Waals surface area contributed by atoms with Gasteiger partial charge in [0.05, 0.1) is 4.47 Å². The van der Waals surface area contributed by atoms with Gasteiger partial charge >= 0.3 is 0 Å². The predicted molar refractivity (Wildman–Crippen MR) is 85.2 cm³/mol. The highest BCUT2D eigenvalue weighted by Gasteiger charge is 2.03. The fourth-order valence-corrected chi connectivity index (χ4v) is 2.87. The molecule has 0 aliphatic rings. The first-order valence-corrected chi connectivity index (χ1v) is 8.11. The van der Waals surface area contributed by atoms with E-state index in [9.17, 15) is 0 Å². The van der Waals surface area contributed by atoms with E-state index in [4.69, 9.17) is 4.74 Å². The number of benzene rings is 2. The van der Waals surface area contributed by atoms with E-state index in [1.807, 2.05) is 24.3 Å². The second kappa shape index (κ2) is 6.73. The topological polar surface area (TPSA) is 9.23 Å². The molecule has 0 heterocycles. The molecule has 0 atom stereocenters. The lowest BCUT2D eigenvalue weighted by Crippen LogP contribution is -1.96. The lowest BCUT2D eigenvalue weighted by Gasteiger charge is -2.09. The minimum absolute atomic E-state index is 0.561. The summed E-state index contributed by atoms with van der Waals surface area (Å²) in [6.07, 6.45) is 0. The minimum Gasteiger partial charge on any atom is -0.488 e. The predicted octanol–water partition coefficient (Wildman–Crippen LogP) is 5.69. The Balaban J connectivity index is 2.06. The molecule has 18 heavy (non-hydrogen) atoms. The Morgan fingerprint density at radius 3 is 2.44 bits per heavy atom. The summed E-state index contributed by atoms with van der Waals surface area (Å²) in [7, 11) is 0. The van der Waals surface area contributed by atoms with Crippen LogP contribution in [0.2, 0.25) is 0 Å². The van der Waals surface area contributed by atoms with Gasteiger partial charge in [-0.2, -0.15) is 0 Å². The highest BCUT2D eigenvalue weighted by atomic mass is 79.9. The summed E-state index contributed by atoms with van der Waals surface area (Å²) < 4.78 is 7.84. The Morgan fingerprint density at radius 2 is 1.78 bits per heavy atom. The van der Waals surface area contributed by atoms with E-state index in [-0.39, 0.29) is 0 Å². The largest absolute Gasteiger partial charge is 0.488 e. The molecule has 0 aliphatic heterocycles. The molecule has 0 saturated heterocycles. The SMILES string of the molecule is BrCc1ccc(OCc2cccc(Br)c2)c(Br)c1. The van der Waals surface area contributed by atoms with Gasteiger partial charge in [-0.05, 0) is 51.3 Å². The van der Waals surface area contributed by atoms with Crippen molar-refractivity contribution in [3.05, 3.63) is 62.5 Å². The molecular weight excluding hydrogens is 424 g/mol. The van der Waals surface area contributed by atoms with Crippen LogP contribution in [0, 0.1) is 0 Å². The van der Waals surface area contributed by atoms with Gasteiger partial charge in [0, 0.05) is 9.80 Å².